The number of carbonyl (C=O) groups is 1. The molecule has 0 saturated heterocycles. The molecule has 2 aromatic rings. The number of anilines is 2. The van der Waals surface area contributed by atoms with Gasteiger partial charge in [0, 0.05) is 11.1 Å². The molecule has 1 heterocycles. The third-order valence-corrected chi connectivity index (χ3v) is 8.02. The van der Waals surface area contributed by atoms with Gasteiger partial charge in [-0.05, 0) is 67.5 Å². The number of nitrogens with one attached hydrogen (secondary N) is 3. The standard InChI is InChI=1S/C27H33ClFN3O/c28-20-13-11-19(12-14-20)27(31-23-16-15-21(29)17-24(23)32-27)25(18-7-3-1-4-8-18)26(33)30-22-9-5-2-6-10-22/h11-18,22,25,31-32H,1-10H2,(H,30,33)/t25-,27?/m1/s1. The summed E-state index contributed by atoms with van der Waals surface area (Å²) in [4.78, 5) is 14.1. The van der Waals surface area contributed by atoms with Crippen LogP contribution in [0.15, 0.2) is 42.5 Å². The summed E-state index contributed by atoms with van der Waals surface area (Å²) in [6.45, 7) is 0. The maximum absolute atomic E-state index is 14.1. The average molecular weight is 470 g/mol. The summed E-state index contributed by atoms with van der Waals surface area (Å²) in [5.74, 6) is -0.304. The molecule has 6 heteroatoms. The second-order valence-corrected chi connectivity index (χ2v) is 10.4. The van der Waals surface area contributed by atoms with E-state index in [9.17, 15) is 9.18 Å². The van der Waals surface area contributed by atoms with Crippen LogP contribution in [-0.4, -0.2) is 11.9 Å². The van der Waals surface area contributed by atoms with E-state index in [0.29, 0.717) is 10.7 Å². The van der Waals surface area contributed by atoms with Gasteiger partial charge in [0.05, 0.1) is 17.3 Å². The molecule has 3 N–H and O–H groups in total. The van der Waals surface area contributed by atoms with Crippen molar-refractivity contribution in [3.63, 3.8) is 0 Å². The van der Waals surface area contributed by atoms with Gasteiger partial charge in [-0.15, -0.1) is 0 Å². The van der Waals surface area contributed by atoms with Crippen molar-refractivity contribution < 1.29 is 9.18 Å². The first-order chi connectivity index (χ1) is 16.0. The number of fused-ring (bicyclic) bond motifs is 1. The molecule has 176 valence electrons. The van der Waals surface area contributed by atoms with Crippen LogP contribution in [-0.2, 0) is 10.5 Å². The molecule has 2 saturated carbocycles. The lowest BCUT2D eigenvalue weighted by molar-refractivity contribution is -0.130. The smallest absolute Gasteiger partial charge is 0.228 e. The van der Waals surface area contributed by atoms with Crippen molar-refractivity contribution in [3.05, 3.63) is 58.9 Å². The Kier molecular flexibility index (Phi) is 6.51. The summed E-state index contributed by atoms with van der Waals surface area (Å²) >= 11 is 6.22. The van der Waals surface area contributed by atoms with Gasteiger partial charge in [-0.2, -0.15) is 0 Å². The molecule has 2 fully saturated rings. The number of halogens is 2. The van der Waals surface area contributed by atoms with Crippen LogP contribution in [0.5, 0.6) is 0 Å². The monoisotopic (exact) mass is 469 g/mol. The van der Waals surface area contributed by atoms with E-state index in [1.807, 2.05) is 24.3 Å². The SMILES string of the molecule is O=C(NC1CCCCC1)[C@@H](C1CCCCC1)C1(c2ccc(Cl)cc2)Nc2ccc(F)cc2N1. The van der Waals surface area contributed by atoms with Crippen molar-refractivity contribution >= 4 is 28.9 Å². The Labute approximate surface area is 200 Å². The zero-order valence-corrected chi connectivity index (χ0v) is 19.8. The summed E-state index contributed by atoms with van der Waals surface area (Å²) in [6, 6.07) is 12.7. The number of hydrogen-bond acceptors (Lipinski definition) is 3. The predicted octanol–water partition coefficient (Wildman–Crippen LogP) is 6.81. The Balaban J connectivity index is 1.57. The first-order valence-electron chi connectivity index (χ1n) is 12.5. The minimum Gasteiger partial charge on any atom is -0.357 e. The molecule has 0 aromatic heterocycles. The van der Waals surface area contributed by atoms with Crippen LogP contribution < -0.4 is 16.0 Å². The number of carbonyl (C=O) groups excluding carboxylic acids is 1. The highest BCUT2D eigenvalue weighted by molar-refractivity contribution is 6.30. The van der Waals surface area contributed by atoms with Gasteiger partial charge in [-0.1, -0.05) is 62.3 Å². The molecular weight excluding hydrogens is 437 g/mol. The van der Waals surface area contributed by atoms with Crippen molar-refractivity contribution in [3.8, 4) is 0 Å². The highest BCUT2D eigenvalue weighted by Crippen LogP contribution is 2.49. The number of rotatable bonds is 5. The van der Waals surface area contributed by atoms with E-state index in [-0.39, 0.29) is 29.6 Å². The average Bonchev–Trinajstić information content (AvgIpc) is 3.20. The summed E-state index contributed by atoms with van der Waals surface area (Å²) in [7, 11) is 0. The summed E-state index contributed by atoms with van der Waals surface area (Å²) in [5.41, 5.74) is 1.59. The van der Waals surface area contributed by atoms with Crippen molar-refractivity contribution in [1.82, 2.24) is 5.32 Å². The Morgan fingerprint density at radius 2 is 1.55 bits per heavy atom. The van der Waals surface area contributed by atoms with Gasteiger partial charge in [0.1, 0.15) is 11.5 Å². The molecule has 2 aromatic carbocycles. The quantitative estimate of drug-likeness (QED) is 0.450. The molecule has 2 atom stereocenters. The highest BCUT2D eigenvalue weighted by Gasteiger charge is 2.52. The largest absolute Gasteiger partial charge is 0.357 e. The third kappa shape index (κ3) is 4.57. The van der Waals surface area contributed by atoms with E-state index in [4.69, 9.17) is 11.6 Å². The predicted molar refractivity (Wildman–Crippen MR) is 132 cm³/mol. The van der Waals surface area contributed by atoms with Gasteiger partial charge in [-0.25, -0.2) is 4.39 Å². The number of benzene rings is 2. The molecular formula is C27H33ClFN3O. The van der Waals surface area contributed by atoms with Crippen LogP contribution in [0, 0.1) is 17.7 Å². The summed E-state index contributed by atoms with van der Waals surface area (Å²) in [6.07, 6.45) is 11.2. The molecule has 2 aliphatic carbocycles. The van der Waals surface area contributed by atoms with Crippen LogP contribution in [0.3, 0.4) is 0 Å². The third-order valence-electron chi connectivity index (χ3n) is 7.77. The lowest BCUT2D eigenvalue weighted by atomic mass is 9.71. The zero-order valence-electron chi connectivity index (χ0n) is 19.0. The zero-order chi connectivity index (χ0) is 22.8. The van der Waals surface area contributed by atoms with Crippen LogP contribution in [0.25, 0.3) is 0 Å². The molecule has 33 heavy (non-hydrogen) atoms. The summed E-state index contributed by atoms with van der Waals surface area (Å²) in [5, 5.41) is 11.3. The van der Waals surface area contributed by atoms with Crippen LogP contribution in [0.2, 0.25) is 5.02 Å². The molecule has 0 spiro atoms. The molecule has 4 nitrogen and oxygen atoms in total. The van der Waals surface area contributed by atoms with Crippen molar-refractivity contribution in [2.45, 2.75) is 75.9 Å². The maximum Gasteiger partial charge on any atom is 0.228 e. The van der Waals surface area contributed by atoms with Crippen molar-refractivity contribution in [2.24, 2.45) is 11.8 Å². The molecule has 5 rings (SSSR count). The summed E-state index contributed by atoms with van der Waals surface area (Å²) < 4.78 is 14.1. The van der Waals surface area contributed by atoms with E-state index in [1.165, 1.54) is 37.8 Å². The number of hydrogen-bond donors (Lipinski definition) is 3. The first-order valence-corrected chi connectivity index (χ1v) is 12.9. The minimum absolute atomic E-state index is 0.0945. The second kappa shape index (κ2) is 9.54. The molecule has 1 amide bonds. The first kappa shape index (κ1) is 22.5. The number of amides is 1. The van der Waals surface area contributed by atoms with E-state index >= 15 is 0 Å². The Hall–Kier alpha value is -2.27. The van der Waals surface area contributed by atoms with Gasteiger partial charge in [-0.3, -0.25) is 4.79 Å². The molecule has 3 aliphatic rings. The van der Waals surface area contributed by atoms with Crippen molar-refractivity contribution in [1.29, 1.82) is 0 Å². The van der Waals surface area contributed by atoms with Gasteiger partial charge < -0.3 is 16.0 Å². The fourth-order valence-electron chi connectivity index (χ4n) is 6.15. The highest BCUT2D eigenvalue weighted by atomic mass is 35.5. The molecule has 0 radical (unpaired) electrons. The Morgan fingerprint density at radius 1 is 0.909 bits per heavy atom. The Bertz CT molecular complexity index is 985. The Morgan fingerprint density at radius 3 is 2.24 bits per heavy atom. The molecule has 1 aliphatic heterocycles. The van der Waals surface area contributed by atoms with E-state index in [2.05, 4.69) is 16.0 Å². The van der Waals surface area contributed by atoms with Gasteiger partial charge in [0.2, 0.25) is 5.91 Å². The lowest BCUT2D eigenvalue weighted by Crippen LogP contribution is -2.56. The molecule has 1 unspecified atom stereocenters. The van der Waals surface area contributed by atoms with Crippen molar-refractivity contribution in [2.75, 3.05) is 10.6 Å². The van der Waals surface area contributed by atoms with Gasteiger partial charge in [0.15, 0.2) is 0 Å². The van der Waals surface area contributed by atoms with E-state index in [0.717, 1.165) is 49.8 Å². The fourth-order valence-corrected chi connectivity index (χ4v) is 6.27. The van der Waals surface area contributed by atoms with Crippen LogP contribution in [0.1, 0.15) is 69.8 Å². The molecule has 0 bridgehead atoms. The van der Waals surface area contributed by atoms with Gasteiger partial charge in [0.25, 0.3) is 0 Å². The van der Waals surface area contributed by atoms with Crippen LogP contribution in [0.4, 0.5) is 15.8 Å². The van der Waals surface area contributed by atoms with E-state index < -0.39 is 5.66 Å². The maximum atomic E-state index is 14.1. The lowest BCUT2D eigenvalue weighted by Gasteiger charge is -2.44. The van der Waals surface area contributed by atoms with Crippen LogP contribution >= 0.6 is 11.6 Å². The topological polar surface area (TPSA) is 53.2 Å². The van der Waals surface area contributed by atoms with E-state index in [1.54, 1.807) is 6.07 Å². The second-order valence-electron chi connectivity index (χ2n) is 9.97. The normalized spacial score (nSPS) is 24.4. The fraction of sp³-hybridized carbons (Fsp3) is 0.519. The van der Waals surface area contributed by atoms with Gasteiger partial charge >= 0.3 is 0 Å². The minimum atomic E-state index is -0.860.